The molecule has 2 unspecified atom stereocenters. The van der Waals surface area contributed by atoms with Crippen molar-refractivity contribution in [3.8, 4) is 0 Å². The molecule has 1 fully saturated rings. The first-order chi connectivity index (χ1) is 10.4. The first-order valence-corrected chi connectivity index (χ1v) is 7.67. The Morgan fingerprint density at radius 2 is 1.77 bits per heavy atom. The van der Waals surface area contributed by atoms with Gasteiger partial charge in [0.2, 0.25) is 0 Å². The third-order valence-electron chi connectivity index (χ3n) is 4.07. The highest BCUT2D eigenvalue weighted by Crippen LogP contribution is 2.29. The molecular weight excluding hydrogens is 293 g/mol. The van der Waals surface area contributed by atoms with E-state index in [1.807, 2.05) is 6.92 Å². The number of alkyl halides is 3. The van der Waals surface area contributed by atoms with Crippen LogP contribution in [-0.4, -0.2) is 42.3 Å². The molecule has 1 saturated heterocycles. The van der Waals surface area contributed by atoms with Gasteiger partial charge in [-0.3, -0.25) is 0 Å². The van der Waals surface area contributed by atoms with Crippen molar-refractivity contribution in [2.75, 3.05) is 26.2 Å². The molecule has 2 rings (SSSR count). The van der Waals surface area contributed by atoms with Gasteiger partial charge in [0.25, 0.3) is 0 Å². The predicted octanol–water partition coefficient (Wildman–Crippen LogP) is 2.81. The summed E-state index contributed by atoms with van der Waals surface area (Å²) >= 11 is 0. The van der Waals surface area contributed by atoms with Crippen LogP contribution < -0.4 is 5.32 Å². The van der Waals surface area contributed by atoms with Gasteiger partial charge in [-0.15, -0.1) is 0 Å². The summed E-state index contributed by atoms with van der Waals surface area (Å²) < 4.78 is 37.5. The molecule has 1 aromatic carbocycles. The van der Waals surface area contributed by atoms with Gasteiger partial charge in [-0.1, -0.05) is 12.1 Å². The van der Waals surface area contributed by atoms with Gasteiger partial charge in [0, 0.05) is 19.1 Å². The Morgan fingerprint density at radius 1 is 1.18 bits per heavy atom. The molecule has 0 amide bonds. The zero-order valence-corrected chi connectivity index (χ0v) is 12.7. The lowest BCUT2D eigenvalue weighted by Gasteiger charge is -2.22. The minimum absolute atomic E-state index is 0.101. The highest BCUT2D eigenvalue weighted by atomic mass is 19.4. The lowest BCUT2D eigenvalue weighted by molar-refractivity contribution is -0.137. The quantitative estimate of drug-likeness (QED) is 0.847. The molecule has 0 saturated carbocycles. The average molecular weight is 316 g/mol. The lowest BCUT2D eigenvalue weighted by atomic mass is 10.1. The number of halogens is 3. The maximum atomic E-state index is 12.5. The van der Waals surface area contributed by atoms with Gasteiger partial charge in [0.05, 0.1) is 11.7 Å². The van der Waals surface area contributed by atoms with Crippen LogP contribution in [0.3, 0.4) is 0 Å². The van der Waals surface area contributed by atoms with Gasteiger partial charge in [-0.25, -0.2) is 0 Å². The maximum absolute atomic E-state index is 12.5. The lowest BCUT2D eigenvalue weighted by Crippen LogP contribution is -2.37. The van der Waals surface area contributed by atoms with E-state index in [4.69, 9.17) is 0 Å². The fourth-order valence-corrected chi connectivity index (χ4v) is 2.72. The first kappa shape index (κ1) is 17.2. The second kappa shape index (κ2) is 7.44. The van der Waals surface area contributed by atoms with E-state index in [1.54, 1.807) is 0 Å². The number of benzene rings is 1. The molecule has 22 heavy (non-hydrogen) atoms. The van der Waals surface area contributed by atoms with Gasteiger partial charge in [-0.2, -0.15) is 13.2 Å². The molecule has 1 aromatic rings. The fraction of sp³-hybridized carbons (Fsp3) is 0.625. The predicted molar refractivity (Wildman–Crippen MR) is 79.5 cm³/mol. The van der Waals surface area contributed by atoms with Crippen molar-refractivity contribution in [1.82, 2.24) is 10.2 Å². The molecule has 0 aliphatic carbocycles. The summed E-state index contributed by atoms with van der Waals surface area (Å²) in [6, 6.07) is 5.04. The zero-order chi connectivity index (χ0) is 16.2. The Labute approximate surface area is 129 Å². The van der Waals surface area contributed by atoms with Gasteiger partial charge in [0.1, 0.15) is 0 Å². The second-order valence-corrected chi connectivity index (χ2v) is 5.91. The molecule has 1 aliphatic heterocycles. The molecule has 2 atom stereocenters. The number of nitrogens with one attached hydrogen (secondary N) is 1. The summed E-state index contributed by atoms with van der Waals surface area (Å²) in [5.41, 5.74) is 0.138. The van der Waals surface area contributed by atoms with Gasteiger partial charge in [-0.05, 0) is 50.6 Å². The Morgan fingerprint density at radius 3 is 2.32 bits per heavy atom. The van der Waals surface area contributed by atoms with Crippen LogP contribution in [-0.2, 0) is 6.18 Å². The van der Waals surface area contributed by atoms with E-state index in [2.05, 4.69) is 10.2 Å². The van der Waals surface area contributed by atoms with E-state index in [-0.39, 0.29) is 6.04 Å². The van der Waals surface area contributed by atoms with Crippen molar-refractivity contribution in [3.63, 3.8) is 0 Å². The van der Waals surface area contributed by atoms with Crippen molar-refractivity contribution in [2.45, 2.75) is 38.1 Å². The molecule has 3 nitrogen and oxygen atoms in total. The number of aliphatic hydroxyl groups excluding tert-OH is 1. The summed E-state index contributed by atoms with van der Waals surface area (Å²) in [6.45, 7) is 5.02. The maximum Gasteiger partial charge on any atom is 0.416 e. The van der Waals surface area contributed by atoms with E-state index in [0.717, 1.165) is 30.8 Å². The number of β-amino-alcohol motifs (C(OH)–C–C–N with tert-alkyl or cyclic N) is 1. The highest BCUT2D eigenvalue weighted by Gasteiger charge is 2.30. The largest absolute Gasteiger partial charge is 0.416 e. The van der Waals surface area contributed by atoms with Crippen LogP contribution in [0, 0.1) is 0 Å². The summed E-state index contributed by atoms with van der Waals surface area (Å²) in [7, 11) is 0. The van der Waals surface area contributed by atoms with Crippen LogP contribution in [0.25, 0.3) is 0 Å². The van der Waals surface area contributed by atoms with Crippen LogP contribution >= 0.6 is 0 Å². The molecule has 2 N–H and O–H groups in total. The molecular formula is C16H23F3N2O. The number of nitrogens with zero attached hydrogens (tertiary/aromatic N) is 1. The number of likely N-dealkylation sites (tertiary alicyclic amines) is 1. The SMILES string of the molecule is CC(NCC(O)CN1CCCC1)c1ccc(C(F)(F)F)cc1. The Balaban J connectivity index is 1.80. The van der Waals surface area contributed by atoms with Crippen LogP contribution in [0.1, 0.15) is 36.9 Å². The minimum atomic E-state index is -4.30. The summed E-state index contributed by atoms with van der Waals surface area (Å²) in [5, 5.41) is 13.2. The summed E-state index contributed by atoms with van der Waals surface area (Å²) in [6.07, 6.45) is -2.40. The van der Waals surface area contributed by atoms with Gasteiger partial charge in [0.15, 0.2) is 0 Å². The first-order valence-electron chi connectivity index (χ1n) is 7.67. The molecule has 0 spiro atoms. The van der Waals surface area contributed by atoms with Crippen LogP contribution in [0.15, 0.2) is 24.3 Å². The molecule has 0 aromatic heterocycles. The molecule has 6 heteroatoms. The third-order valence-corrected chi connectivity index (χ3v) is 4.07. The zero-order valence-electron chi connectivity index (χ0n) is 12.7. The minimum Gasteiger partial charge on any atom is -0.390 e. The number of hydrogen-bond donors (Lipinski definition) is 2. The van der Waals surface area contributed by atoms with Crippen molar-refractivity contribution < 1.29 is 18.3 Å². The molecule has 124 valence electrons. The number of hydrogen-bond acceptors (Lipinski definition) is 3. The van der Waals surface area contributed by atoms with Gasteiger partial charge >= 0.3 is 6.18 Å². The molecule has 0 bridgehead atoms. The fourth-order valence-electron chi connectivity index (χ4n) is 2.72. The molecule has 1 aliphatic rings. The molecule has 1 heterocycles. The van der Waals surface area contributed by atoms with Crippen molar-refractivity contribution in [3.05, 3.63) is 35.4 Å². The summed E-state index contributed by atoms with van der Waals surface area (Å²) in [5.74, 6) is 0. The van der Waals surface area contributed by atoms with Crippen molar-refractivity contribution in [2.24, 2.45) is 0 Å². The Kier molecular flexibility index (Phi) is 5.83. The van der Waals surface area contributed by atoms with E-state index in [0.29, 0.717) is 13.1 Å². The highest BCUT2D eigenvalue weighted by molar-refractivity contribution is 5.26. The van der Waals surface area contributed by atoms with E-state index < -0.39 is 17.8 Å². The second-order valence-electron chi connectivity index (χ2n) is 5.91. The third kappa shape index (κ3) is 4.97. The van der Waals surface area contributed by atoms with E-state index in [1.165, 1.54) is 25.0 Å². The van der Waals surface area contributed by atoms with Gasteiger partial charge < -0.3 is 15.3 Å². The number of rotatable bonds is 6. The van der Waals surface area contributed by atoms with Crippen LogP contribution in [0.2, 0.25) is 0 Å². The van der Waals surface area contributed by atoms with Crippen LogP contribution in [0.4, 0.5) is 13.2 Å². The average Bonchev–Trinajstić information content (AvgIpc) is 2.97. The van der Waals surface area contributed by atoms with E-state index in [9.17, 15) is 18.3 Å². The Bertz CT molecular complexity index is 455. The standard InChI is InChI=1S/C16H23F3N2O/c1-12(13-4-6-14(7-5-13)16(17,18)19)20-10-15(22)11-21-8-2-3-9-21/h4-7,12,15,20,22H,2-3,8-11H2,1H3. The normalized spacial score (nSPS) is 19.3. The Hall–Kier alpha value is -1.11. The molecule has 0 radical (unpaired) electrons. The van der Waals surface area contributed by atoms with E-state index >= 15 is 0 Å². The van der Waals surface area contributed by atoms with Crippen molar-refractivity contribution >= 4 is 0 Å². The topological polar surface area (TPSA) is 35.5 Å². The summed E-state index contributed by atoms with van der Waals surface area (Å²) in [4.78, 5) is 2.23. The van der Waals surface area contributed by atoms with Crippen LogP contribution in [0.5, 0.6) is 0 Å². The number of aliphatic hydroxyl groups is 1. The van der Waals surface area contributed by atoms with Crippen molar-refractivity contribution in [1.29, 1.82) is 0 Å². The monoisotopic (exact) mass is 316 g/mol. The smallest absolute Gasteiger partial charge is 0.390 e.